The molecule has 0 saturated carbocycles. The third-order valence-electron chi connectivity index (χ3n) is 4.29. The number of hydrogen-bond donors (Lipinski definition) is 1. The molecule has 4 heteroatoms. The minimum Gasteiger partial charge on any atom is -0.508 e. The number of ether oxygens (including phenoxy) is 1. The first-order valence-electron chi connectivity index (χ1n) is 8.17. The lowest BCUT2D eigenvalue weighted by molar-refractivity contribution is 0.415. The van der Waals surface area contributed by atoms with Gasteiger partial charge in [-0.05, 0) is 29.8 Å². The Morgan fingerprint density at radius 2 is 1.62 bits per heavy atom. The van der Waals surface area contributed by atoms with Gasteiger partial charge in [0.05, 0.1) is 18.1 Å². The van der Waals surface area contributed by atoms with Crippen molar-refractivity contribution >= 4 is 11.0 Å². The van der Waals surface area contributed by atoms with Crippen molar-refractivity contribution in [2.75, 3.05) is 7.11 Å². The maximum absolute atomic E-state index is 13.2. The van der Waals surface area contributed by atoms with Crippen LogP contribution in [0.15, 0.2) is 82.0 Å². The minimum atomic E-state index is -0.143. The topological polar surface area (TPSA) is 59.7 Å². The van der Waals surface area contributed by atoms with E-state index in [-0.39, 0.29) is 11.2 Å². The molecule has 1 heterocycles. The molecular formula is C22H16O4. The van der Waals surface area contributed by atoms with E-state index in [1.54, 1.807) is 13.2 Å². The van der Waals surface area contributed by atoms with E-state index in [1.807, 2.05) is 54.6 Å². The van der Waals surface area contributed by atoms with Crippen molar-refractivity contribution in [2.45, 2.75) is 0 Å². The zero-order valence-electron chi connectivity index (χ0n) is 14.1. The van der Waals surface area contributed by atoms with Gasteiger partial charge in [0.25, 0.3) is 0 Å². The largest absolute Gasteiger partial charge is 0.508 e. The van der Waals surface area contributed by atoms with Crippen molar-refractivity contribution in [3.8, 4) is 33.9 Å². The van der Waals surface area contributed by atoms with Crippen LogP contribution in [0.1, 0.15) is 0 Å². The summed E-state index contributed by atoms with van der Waals surface area (Å²) in [7, 11) is 1.60. The SMILES string of the molecule is COc1ccc(-c2c(-c3ccccc3)oc3cc(O)ccc3c2=O)cc1. The molecule has 4 nitrogen and oxygen atoms in total. The molecule has 0 aliphatic carbocycles. The smallest absolute Gasteiger partial charge is 0.201 e. The molecule has 0 aliphatic rings. The fourth-order valence-corrected chi connectivity index (χ4v) is 2.99. The molecule has 0 radical (unpaired) electrons. The Morgan fingerprint density at radius 1 is 0.885 bits per heavy atom. The summed E-state index contributed by atoms with van der Waals surface area (Å²) in [5.74, 6) is 1.24. The quantitative estimate of drug-likeness (QED) is 0.578. The average Bonchev–Trinajstić information content (AvgIpc) is 2.68. The summed E-state index contributed by atoms with van der Waals surface area (Å²) in [5.41, 5.74) is 2.23. The van der Waals surface area contributed by atoms with E-state index in [1.165, 1.54) is 12.1 Å². The number of phenols is 1. The lowest BCUT2D eigenvalue weighted by atomic mass is 9.98. The number of benzene rings is 3. The molecule has 0 bridgehead atoms. The monoisotopic (exact) mass is 344 g/mol. The van der Waals surface area contributed by atoms with Gasteiger partial charge in [0.2, 0.25) is 5.43 Å². The van der Waals surface area contributed by atoms with Crippen LogP contribution in [0.3, 0.4) is 0 Å². The molecule has 1 aromatic heterocycles. The van der Waals surface area contributed by atoms with Crippen LogP contribution in [0.4, 0.5) is 0 Å². The number of methoxy groups -OCH3 is 1. The predicted octanol–water partition coefficient (Wildman–Crippen LogP) is 4.84. The normalized spacial score (nSPS) is 10.8. The van der Waals surface area contributed by atoms with Crippen LogP contribution in [-0.4, -0.2) is 12.2 Å². The Balaban J connectivity index is 2.07. The van der Waals surface area contributed by atoms with E-state index >= 15 is 0 Å². The summed E-state index contributed by atoms with van der Waals surface area (Å²) in [6.07, 6.45) is 0. The van der Waals surface area contributed by atoms with Gasteiger partial charge in [-0.3, -0.25) is 4.79 Å². The number of rotatable bonds is 3. The standard InChI is InChI=1S/C22H16O4/c1-25-17-10-7-14(8-11-17)20-21(24)18-12-9-16(23)13-19(18)26-22(20)15-5-3-2-4-6-15/h2-13,23H,1H3. The van der Waals surface area contributed by atoms with Crippen LogP contribution in [0.25, 0.3) is 33.4 Å². The van der Waals surface area contributed by atoms with Crippen LogP contribution in [0, 0.1) is 0 Å². The molecule has 3 aromatic carbocycles. The van der Waals surface area contributed by atoms with E-state index in [2.05, 4.69) is 0 Å². The summed E-state index contributed by atoms with van der Waals surface area (Å²) in [6, 6.07) is 21.3. The lowest BCUT2D eigenvalue weighted by Gasteiger charge is -2.11. The highest BCUT2D eigenvalue weighted by molar-refractivity contribution is 5.89. The van der Waals surface area contributed by atoms with Crippen molar-refractivity contribution in [1.29, 1.82) is 0 Å². The molecular weight excluding hydrogens is 328 g/mol. The second-order valence-electron chi connectivity index (χ2n) is 5.91. The zero-order chi connectivity index (χ0) is 18.1. The molecule has 0 saturated heterocycles. The highest BCUT2D eigenvalue weighted by Gasteiger charge is 2.18. The van der Waals surface area contributed by atoms with E-state index < -0.39 is 0 Å². The zero-order valence-corrected chi connectivity index (χ0v) is 14.1. The fraction of sp³-hybridized carbons (Fsp3) is 0.0455. The Morgan fingerprint density at radius 3 is 2.31 bits per heavy atom. The third-order valence-corrected chi connectivity index (χ3v) is 4.29. The summed E-state index contributed by atoms with van der Waals surface area (Å²) in [6.45, 7) is 0. The van der Waals surface area contributed by atoms with E-state index in [9.17, 15) is 9.90 Å². The molecule has 4 aromatic rings. The second kappa shape index (κ2) is 6.41. The Kier molecular flexibility index (Phi) is 3.93. The molecule has 26 heavy (non-hydrogen) atoms. The first kappa shape index (κ1) is 16.0. The molecule has 0 atom stereocenters. The van der Waals surface area contributed by atoms with Crippen molar-refractivity contribution in [3.05, 3.63) is 83.0 Å². The molecule has 128 valence electrons. The molecule has 0 amide bonds. The van der Waals surface area contributed by atoms with Crippen LogP contribution in [0.2, 0.25) is 0 Å². The van der Waals surface area contributed by atoms with E-state index in [0.29, 0.717) is 28.0 Å². The Bertz CT molecular complexity index is 1130. The highest BCUT2D eigenvalue weighted by Crippen LogP contribution is 2.33. The van der Waals surface area contributed by atoms with Crippen LogP contribution in [0.5, 0.6) is 11.5 Å². The van der Waals surface area contributed by atoms with Gasteiger partial charge in [-0.1, -0.05) is 42.5 Å². The highest BCUT2D eigenvalue weighted by atomic mass is 16.5. The molecule has 1 N–H and O–H groups in total. The first-order chi connectivity index (χ1) is 12.7. The van der Waals surface area contributed by atoms with E-state index in [4.69, 9.17) is 9.15 Å². The van der Waals surface area contributed by atoms with Crippen LogP contribution < -0.4 is 10.2 Å². The first-order valence-corrected chi connectivity index (χ1v) is 8.17. The summed E-state index contributed by atoms with van der Waals surface area (Å²) in [4.78, 5) is 13.2. The molecule has 0 unspecified atom stereocenters. The van der Waals surface area contributed by atoms with Gasteiger partial charge in [0, 0.05) is 11.6 Å². The van der Waals surface area contributed by atoms with Gasteiger partial charge in [-0.15, -0.1) is 0 Å². The summed E-state index contributed by atoms with van der Waals surface area (Å²) in [5, 5.41) is 10.2. The number of phenolic OH excluding ortho intramolecular Hbond substituents is 1. The van der Waals surface area contributed by atoms with Gasteiger partial charge in [-0.2, -0.15) is 0 Å². The number of fused-ring (bicyclic) bond motifs is 1. The fourth-order valence-electron chi connectivity index (χ4n) is 2.99. The summed E-state index contributed by atoms with van der Waals surface area (Å²) >= 11 is 0. The molecule has 0 fully saturated rings. The maximum Gasteiger partial charge on any atom is 0.201 e. The minimum absolute atomic E-state index is 0.0526. The molecule has 0 aliphatic heterocycles. The van der Waals surface area contributed by atoms with Gasteiger partial charge in [0.1, 0.15) is 22.8 Å². The third kappa shape index (κ3) is 2.71. The maximum atomic E-state index is 13.2. The average molecular weight is 344 g/mol. The van der Waals surface area contributed by atoms with Crippen molar-refractivity contribution < 1.29 is 14.3 Å². The number of aromatic hydroxyl groups is 1. The van der Waals surface area contributed by atoms with Crippen molar-refractivity contribution in [2.24, 2.45) is 0 Å². The van der Waals surface area contributed by atoms with Gasteiger partial charge < -0.3 is 14.3 Å². The van der Waals surface area contributed by atoms with Gasteiger partial charge in [-0.25, -0.2) is 0 Å². The van der Waals surface area contributed by atoms with E-state index in [0.717, 1.165) is 11.1 Å². The van der Waals surface area contributed by atoms with Gasteiger partial charge in [0.15, 0.2) is 0 Å². The molecule has 4 rings (SSSR count). The van der Waals surface area contributed by atoms with Crippen LogP contribution in [-0.2, 0) is 0 Å². The predicted molar refractivity (Wildman–Crippen MR) is 102 cm³/mol. The number of hydrogen-bond acceptors (Lipinski definition) is 4. The van der Waals surface area contributed by atoms with Crippen molar-refractivity contribution in [1.82, 2.24) is 0 Å². The van der Waals surface area contributed by atoms with Crippen LogP contribution >= 0.6 is 0 Å². The molecule has 0 spiro atoms. The Labute approximate surface area is 149 Å². The summed E-state index contributed by atoms with van der Waals surface area (Å²) < 4.78 is 11.3. The lowest BCUT2D eigenvalue weighted by Crippen LogP contribution is -2.07. The van der Waals surface area contributed by atoms with Crippen molar-refractivity contribution in [3.63, 3.8) is 0 Å². The van der Waals surface area contributed by atoms with Gasteiger partial charge >= 0.3 is 0 Å². The second-order valence-corrected chi connectivity index (χ2v) is 5.91. The Hall–Kier alpha value is -3.53.